The molecule has 2 rings (SSSR count). The average Bonchev–Trinajstić information content (AvgIpc) is 2.68. The highest BCUT2D eigenvalue weighted by Crippen LogP contribution is 2.25. The lowest BCUT2D eigenvalue weighted by Crippen LogP contribution is -2.14. The number of hydrogen-bond acceptors (Lipinski definition) is 4. The van der Waals surface area contributed by atoms with Gasteiger partial charge in [0.1, 0.15) is 10.7 Å². The van der Waals surface area contributed by atoms with Crippen molar-refractivity contribution in [1.29, 1.82) is 0 Å². The maximum absolute atomic E-state index is 12.0. The van der Waals surface area contributed by atoms with Gasteiger partial charge < -0.3 is 5.73 Å². The van der Waals surface area contributed by atoms with Gasteiger partial charge in [0, 0.05) is 4.47 Å². The Morgan fingerprint density at radius 3 is 2.65 bits per heavy atom. The highest BCUT2D eigenvalue weighted by molar-refractivity contribution is 9.10. The predicted octanol–water partition coefficient (Wildman–Crippen LogP) is 1.56. The molecule has 0 saturated carbocycles. The van der Waals surface area contributed by atoms with Gasteiger partial charge >= 0.3 is 0 Å². The van der Waals surface area contributed by atoms with Crippen LogP contribution in [0.2, 0.25) is 0 Å². The van der Waals surface area contributed by atoms with Gasteiger partial charge in [0.25, 0.3) is 10.0 Å². The van der Waals surface area contributed by atoms with Crippen LogP contribution >= 0.6 is 15.9 Å². The second-order valence-corrected chi connectivity index (χ2v) is 5.74. The molecule has 2 aromatic rings. The number of nitrogens with zero attached hydrogens (tertiary/aromatic N) is 1. The summed E-state index contributed by atoms with van der Waals surface area (Å²) in [5, 5.41) is 5.94. The molecule has 0 aliphatic rings. The number of nitrogens with one attached hydrogen (secondary N) is 2. The zero-order valence-corrected chi connectivity index (χ0v) is 10.9. The van der Waals surface area contributed by atoms with Crippen molar-refractivity contribution in [2.75, 3.05) is 10.5 Å². The van der Waals surface area contributed by atoms with Crippen molar-refractivity contribution >= 4 is 37.5 Å². The Kier molecular flexibility index (Phi) is 3.07. The van der Waals surface area contributed by atoms with Crippen LogP contribution in [0.4, 0.5) is 11.5 Å². The van der Waals surface area contributed by atoms with E-state index >= 15 is 0 Å². The minimum Gasteiger partial charge on any atom is -0.383 e. The number of nitrogen functional groups attached to an aromatic ring is 1. The van der Waals surface area contributed by atoms with E-state index in [9.17, 15) is 8.42 Å². The van der Waals surface area contributed by atoms with Gasteiger partial charge in [-0.05, 0) is 28.1 Å². The Balaban J connectivity index is 2.37. The number of aromatic nitrogens is 2. The summed E-state index contributed by atoms with van der Waals surface area (Å²) in [7, 11) is -3.72. The van der Waals surface area contributed by atoms with E-state index in [4.69, 9.17) is 5.73 Å². The van der Waals surface area contributed by atoms with Crippen LogP contribution in [0, 0.1) is 0 Å². The summed E-state index contributed by atoms with van der Waals surface area (Å²) in [4.78, 5) is -0.0757. The molecule has 0 bridgehead atoms. The van der Waals surface area contributed by atoms with Crippen LogP contribution in [0.1, 0.15) is 0 Å². The first-order chi connectivity index (χ1) is 8.00. The Morgan fingerprint density at radius 2 is 2.06 bits per heavy atom. The lowest BCUT2D eigenvalue weighted by Gasteiger charge is -2.08. The molecule has 17 heavy (non-hydrogen) atoms. The maximum atomic E-state index is 12.0. The Labute approximate surface area is 106 Å². The van der Waals surface area contributed by atoms with Crippen LogP contribution in [0.25, 0.3) is 0 Å². The molecule has 6 nitrogen and oxygen atoms in total. The predicted molar refractivity (Wildman–Crippen MR) is 68.0 cm³/mol. The van der Waals surface area contributed by atoms with Gasteiger partial charge in [-0.1, -0.05) is 12.1 Å². The van der Waals surface area contributed by atoms with E-state index in [1.54, 1.807) is 24.3 Å². The smallest absolute Gasteiger partial charge is 0.267 e. The molecule has 1 aromatic heterocycles. The monoisotopic (exact) mass is 316 g/mol. The molecule has 0 fully saturated rings. The summed E-state index contributed by atoms with van der Waals surface area (Å²) >= 11 is 3.25. The Morgan fingerprint density at radius 1 is 1.35 bits per heavy atom. The van der Waals surface area contributed by atoms with Crippen molar-refractivity contribution in [1.82, 2.24) is 10.2 Å². The minimum absolute atomic E-state index is 0.00422. The second-order valence-electron chi connectivity index (χ2n) is 3.23. The largest absolute Gasteiger partial charge is 0.383 e. The Bertz CT molecular complexity index is 638. The molecular formula is C9H9BrN4O2S. The normalized spacial score (nSPS) is 11.4. The highest BCUT2D eigenvalue weighted by Gasteiger charge is 2.20. The molecule has 0 amide bonds. The van der Waals surface area contributed by atoms with Gasteiger partial charge in [0.2, 0.25) is 0 Å². The summed E-state index contributed by atoms with van der Waals surface area (Å²) < 4.78 is 27.0. The summed E-state index contributed by atoms with van der Waals surface area (Å²) in [6, 6.07) is 6.88. The van der Waals surface area contributed by atoms with Crippen LogP contribution in [-0.2, 0) is 10.0 Å². The molecule has 90 valence electrons. The third kappa shape index (κ3) is 2.42. The number of rotatable bonds is 3. The molecule has 0 radical (unpaired) electrons. The number of sulfonamides is 1. The van der Waals surface area contributed by atoms with Crippen LogP contribution in [0.3, 0.4) is 0 Å². The molecule has 4 N–H and O–H groups in total. The SMILES string of the molecule is Nc1[nH]ncc1S(=O)(=O)Nc1ccccc1Br. The number of nitrogens with two attached hydrogens (primary N) is 1. The first-order valence-electron chi connectivity index (χ1n) is 4.57. The molecule has 1 aromatic carbocycles. The molecule has 1 heterocycles. The van der Waals surface area contributed by atoms with E-state index in [-0.39, 0.29) is 10.7 Å². The van der Waals surface area contributed by atoms with E-state index in [1.807, 2.05) is 0 Å². The molecule has 8 heteroatoms. The zero-order valence-electron chi connectivity index (χ0n) is 8.51. The molecule has 0 aliphatic heterocycles. The number of aromatic amines is 1. The fourth-order valence-corrected chi connectivity index (χ4v) is 2.86. The van der Waals surface area contributed by atoms with Crippen molar-refractivity contribution in [3.05, 3.63) is 34.9 Å². The van der Waals surface area contributed by atoms with E-state index in [1.165, 1.54) is 0 Å². The molecular weight excluding hydrogens is 308 g/mol. The van der Waals surface area contributed by atoms with Gasteiger partial charge in [-0.25, -0.2) is 8.42 Å². The number of para-hydroxylation sites is 1. The second kappa shape index (κ2) is 4.38. The average molecular weight is 317 g/mol. The standard InChI is InChI=1S/C9H9BrN4O2S/c10-6-3-1-2-4-7(6)14-17(15,16)8-5-12-13-9(8)11/h1-5,14H,(H3,11,12,13). The van der Waals surface area contributed by atoms with Gasteiger partial charge in [-0.3, -0.25) is 9.82 Å². The molecule has 0 atom stereocenters. The number of benzene rings is 1. The highest BCUT2D eigenvalue weighted by atomic mass is 79.9. The fourth-order valence-electron chi connectivity index (χ4n) is 1.24. The first-order valence-corrected chi connectivity index (χ1v) is 6.84. The van der Waals surface area contributed by atoms with E-state index in [2.05, 4.69) is 30.8 Å². The maximum Gasteiger partial charge on any atom is 0.267 e. The van der Waals surface area contributed by atoms with E-state index in [0.717, 1.165) is 6.20 Å². The molecule has 0 unspecified atom stereocenters. The molecule has 0 aliphatic carbocycles. The summed E-state index contributed by atoms with van der Waals surface area (Å²) in [6.07, 6.45) is 1.16. The van der Waals surface area contributed by atoms with Gasteiger partial charge in [-0.2, -0.15) is 5.10 Å². The van der Waals surface area contributed by atoms with Crippen LogP contribution < -0.4 is 10.5 Å². The zero-order chi connectivity index (χ0) is 12.5. The lowest BCUT2D eigenvalue weighted by molar-refractivity contribution is 0.601. The minimum atomic E-state index is -3.72. The van der Waals surface area contributed by atoms with Crippen molar-refractivity contribution in [3.8, 4) is 0 Å². The first kappa shape index (κ1) is 11.9. The van der Waals surface area contributed by atoms with Gasteiger partial charge in [-0.15, -0.1) is 0 Å². The third-order valence-electron chi connectivity index (χ3n) is 2.04. The number of halogens is 1. The fraction of sp³-hybridized carbons (Fsp3) is 0. The number of H-pyrrole nitrogens is 1. The lowest BCUT2D eigenvalue weighted by atomic mass is 10.3. The number of anilines is 2. The summed E-state index contributed by atoms with van der Waals surface area (Å²) in [6.45, 7) is 0. The number of hydrogen-bond donors (Lipinski definition) is 3. The van der Waals surface area contributed by atoms with Crippen LogP contribution in [0.5, 0.6) is 0 Å². The molecule has 0 spiro atoms. The van der Waals surface area contributed by atoms with E-state index < -0.39 is 10.0 Å². The summed E-state index contributed by atoms with van der Waals surface area (Å²) in [5.74, 6) is 0.00422. The van der Waals surface area contributed by atoms with Crippen LogP contribution in [-0.4, -0.2) is 18.6 Å². The Hall–Kier alpha value is -1.54. The van der Waals surface area contributed by atoms with Crippen molar-refractivity contribution in [2.24, 2.45) is 0 Å². The quantitative estimate of drug-likeness (QED) is 0.799. The topological polar surface area (TPSA) is 101 Å². The van der Waals surface area contributed by atoms with Crippen molar-refractivity contribution < 1.29 is 8.42 Å². The summed E-state index contributed by atoms with van der Waals surface area (Å²) in [5.41, 5.74) is 5.91. The third-order valence-corrected chi connectivity index (χ3v) is 4.12. The van der Waals surface area contributed by atoms with Crippen molar-refractivity contribution in [2.45, 2.75) is 4.90 Å². The van der Waals surface area contributed by atoms with E-state index in [0.29, 0.717) is 10.2 Å². The van der Waals surface area contributed by atoms with Gasteiger partial charge in [0.15, 0.2) is 0 Å². The van der Waals surface area contributed by atoms with Gasteiger partial charge in [0.05, 0.1) is 11.9 Å². The van der Waals surface area contributed by atoms with Crippen molar-refractivity contribution in [3.63, 3.8) is 0 Å². The molecule has 0 saturated heterocycles. The van der Waals surface area contributed by atoms with Crippen LogP contribution in [0.15, 0.2) is 39.8 Å².